The Balaban J connectivity index is 1.73. The van der Waals surface area contributed by atoms with Crippen LogP contribution in [0.3, 0.4) is 0 Å². The van der Waals surface area contributed by atoms with Crippen molar-refractivity contribution in [3.63, 3.8) is 0 Å². The maximum absolute atomic E-state index is 5.73. The van der Waals surface area contributed by atoms with Crippen LogP contribution < -0.4 is 11.1 Å². The highest BCUT2D eigenvalue weighted by atomic mass is 15.1. The van der Waals surface area contributed by atoms with Crippen LogP contribution in [0.25, 0.3) is 11.0 Å². The first-order valence-corrected chi connectivity index (χ1v) is 8.93. The van der Waals surface area contributed by atoms with Crippen LogP contribution in [-0.2, 0) is 20.0 Å². The van der Waals surface area contributed by atoms with Gasteiger partial charge < -0.3 is 15.6 Å². The van der Waals surface area contributed by atoms with Gasteiger partial charge in [0, 0.05) is 32.3 Å². The first-order valence-electron chi connectivity index (χ1n) is 8.93. The number of imidazole rings is 1. The molecule has 0 spiro atoms. The van der Waals surface area contributed by atoms with Gasteiger partial charge in [0.1, 0.15) is 5.82 Å². The van der Waals surface area contributed by atoms with E-state index in [2.05, 4.69) is 53.1 Å². The average molecular weight is 337 g/mol. The number of para-hydroxylation sites is 2. The lowest BCUT2D eigenvalue weighted by Crippen LogP contribution is -2.32. The number of nitrogens with two attached hydrogens (primary N) is 1. The molecule has 0 amide bonds. The Morgan fingerprint density at radius 2 is 2.04 bits per heavy atom. The summed E-state index contributed by atoms with van der Waals surface area (Å²) in [6, 6.07) is 12.7. The fraction of sp³-hybridized carbons (Fsp3) is 0.400. The number of pyridine rings is 1. The fourth-order valence-corrected chi connectivity index (χ4v) is 3.18. The van der Waals surface area contributed by atoms with Crippen LogP contribution in [0.1, 0.15) is 29.9 Å². The zero-order chi connectivity index (χ0) is 17.6. The number of benzene rings is 1. The van der Waals surface area contributed by atoms with E-state index in [9.17, 15) is 0 Å². The molecule has 1 unspecified atom stereocenters. The summed E-state index contributed by atoms with van der Waals surface area (Å²) in [5.41, 5.74) is 10.3. The Labute approximate surface area is 149 Å². The molecule has 2 heterocycles. The van der Waals surface area contributed by atoms with Crippen molar-refractivity contribution < 1.29 is 0 Å². The van der Waals surface area contributed by atoms with Gasteiger partial charge >= 0.3 is 0 Å². The number of hydrogen-bond acceptors (Lipinski definition) is 4. The van der Waals surface area contributed by atoms with Gasteiger partial charge in [-0.05, 0) is 50.1 Å². The molecule has 0 saturated heterocycles. The van der Waals surface area contributed by atoms with Crippen molar-refractivity contribution in [3.05, 3.63) is 59.7 Å². The summed E-state index contributed by atoms with van der Waals surface area (Å²) in [5, 5.41) is 3.66. The summed E-state index contributed by atoms with van der Waals surface area (Å²) in [5.74, 6) is 1.11. The van der Waals surface area contributed by atoms with Crippen molar-refractivity contribution in [2.75, 3.05) is 6.54 Å². The molecule has 3 N–H and O–H groups in total. The number of nitrogens with zero attached hydrogens (tertiary/aromatic N) is 3. The molecule has 0 fully saturated rings. The summed E-state index contributed by atoms with van der Waals surface area (Å²) in [6.07, 6.45) is 4.77. The molecule has 1 atom stereocenters. The maximum Gasteiger partial charge on any atom is 0.111 e. The molecule has 3 rings (SSSR count). The fourth-order valence-electron chi connectivity index (χ4n) is 3.18. The maximum atomic E-state index is 5.73. The zero-order valence-corrected chi connectivity index (χ0v) is 15.1. The van der Waals surface area contributed by atoms with Crippen molar-refractivity contribution in [3.8, 4) is 0 Å². The number of hydrogen-bond donors (Lipinski definition) is 2. The second-order valence-electron chi connectivity index (χ2n) is 6.56. The average Bonchev–Trinajstić information content (AvgIpc) is 2.94. The number of aryl methyl sites for hydroxylation is 2. The molecule has 1 aromatic carbocycles. The van der Waals surface area contributed by atoms with E-state index in [1.807, 2.05) is 18.3 Å². The Morgan fingerprint density at radius 3 is 2.80 bits per heavy atom. The van der Waals surface area contributed by atoms with Crippen molar-refractivity contribution in [2.45, 2.75) is 38.8 Å². The molecule has 0 saturated carbocycles. The quantitative estimate of drug-likeness (QED) is 0.663. The summed E-state index contributed by atoms with van der Waals surface area (Å²) in [6.45, 7) is 3.58. The third kappa shape index (κ3) is 4.24. The van der Waals surface area contributed by atoms with Crippen LogP contribution >= 0.6 is 0 Å². The molecule has 0 aliphatic rings. The van der Waals surface area contributed by atoms with Crippen LogP contribution in [0.4, 0.5) is 0 Å². The largest absolute Gasteiger partial charge is 0.331 e. The molecule has 3 aromatic rings. The Kier molecular flexibility index (Phi) is 5.79. The van der Waals surface area contributed by atoms with E-state index < -0.39 is 0 Å². The van der Waals surface area contributed by atoms with E-state index in [0.717, 1.165) is 42.8 Å². The molecule has 0 bridgehead atoms. The first kappa shape index (κ1) is 17.6. The second kappa shape index (κ2) is 8.23. The van der Waals surface area contributed by atoms with Gasteiger partial charge in [0.15, 0.2) is 0 Å². The topological polar surface area (TPSA) is 68.8 Å². The molecule has 0 aliphatic heterocycles. The monoisotopic (exact) mass is 337 g/mol. The third-order valence-electron chi connectivity index (χ3n) is 4.74. The Morgan fingerprint density at radius 1 is 1.20 bits per heavy atom. The van der Waals surface area contributed by atoms with E-state index in [1.54, 1.807) is 0 Å². The van der Waals surface area contributed by atoms with Gasteiger partial charge in [0.05, 0.1) is 16.7 Å². The first-order chi connectivity index (χ1) is 12.2. The molecule has 0 aliphatic carbocycles. The van der Waals surface area contributed by atoms with E-state index in [-0.39, 0.29) is 0 Å². The minimum atomic E-state index is 0.334. The molecule has 5 heteroatoms. The van der Waals surface area contributed by atoms with Gasteiger partial charge in [-0.15, -0.1) is 0 Å². The van der Waals surface area contributed by atoms with E-state index >= 15 is 0 Å². The number of rotatable bonds is 8. The van der Waals surface area contributed by atoms with Crippen LogP contribution in [0, 0.1) is 6.92 Å². The molecule has 132 valence electrons. The van der Waals surface area contributed by atoms with Crippen LogP contribution in [-0.4, -0.2) is 27.1 Å². The number of fused-ring (bicyclic) bond motifs is 1. The van der Waals surface area contributed by atoms with Crippen LogP contribution in [0.5, 0.6) is 0 Å². The van der Waals surface area contributed by atoms with Gasteiger partial charge in [0.25, 0.3) is 0 Å². The van der Waals surface area contributed by atoms with E-state index in [1.165, 1.54) is 11.1 Å². The SMILES string of the molecule is Cc1cccnc1CNC(CCCN)Cc1nc2ccccc2n1C. The van der Waals surface area contributed by atoms with Crippen molar-refractivity contribution in [2.24, 2.45) is 12.8 Å². The number of aromatic nitrogens is 3. The zero-order valence-electron chi connectivity index (χ0n) is 15.1. The minimum absolute atomic E-state index is 0.334. The van der Waals surface area contributed by atoms with Gasteiger partial charge in [-0.2, -0.15) is 0 Å². The van der Waals surface area contributed by atoms with E-state index in [0.29, 0.717) is 12.6 Å². The standard InChI is InChI=1S/C20H27N5/c1-15-7-6-12-22-18(15)14-23-16(8-5-11-21)13-20-24-17-9-3-4-10-19(17)25(20)2/h3-4,6-7,9-10,12,16,23H,5,8,11,13-14,21H2,1-2H3. The van der Waals surface area contributed by atoms with Crippen molar-refractivity contribution in [1.82, 2.24) is 19.9 Å². The molecule has 2 aromatic heterocycles. The van der Waals surface area contributed by atoms with Gasteiger partial charge in [-0.1, -0.05) is 18.2 Å². The van der Waals surface area contributed by atoms with E-state index in [4.69, 9.17) is 10.7 Å². The minimum Gasteiger partial charge on any atom is -0.331 e. The normalized spacial score (nSPS) is 12.6. The third-order valence-corrected chi connectivity index (χ3v) is 4.74. The number of nitrogens with one attached hydrogen (secondary N) is 1. The Hall–Kier alpha value is -2.24. The summed E-state index contributed by atoms with van der Waals surface area (Å²) in [4.78, 5) is 9.29. The smallest absolute Gasteiger partial charge is 0.111 e. The van der Waals surface area contributed by atoms with Gasteiger partial charge in [0.2, 0.25) is 0 Å². The molecular weight excluding hydrogens is 310 g/mol. The molecule has 5 nitrogen and oxygen atoms in total. The lowest BCUT2D eigenvalue weighted by molar-refractivity contribution is 0.451. The summed E-state index contributed by atoms with van der Waals surface area (Å²) in [7, 11) is 2.09. The second-order valence-corrected chi connectivity index (χ2v) is 6.56. The molecule has 0 radical (unpaired) electrons. The summed E-state index contributed by atoms with van der Waals surface area (Å²) >= 11 is 0. The summed E-state index contributed by atoms with van der Waals surface area (Å²) < 4.78 is 2.19. The van der Waals surface area contributed by atoms with Crippen LogP contribution in [0.15, 0.2) is 42.6 Å². The highest BCUT2D eigenvalue weighted by Crippen LogP contribution is 2.16. The lowest BCUT2D eigenvalue weighted by Gasteiger charge is -2.19. The molecule has 25 heavy (non-hydrogen) atoms. The highest BCUT2D eigenvalue weighted by molar-refractivity contribution is 5.75. The van der Waals surface area contributed by atoms with Gasteiger partial charge in [-0.3, -0.25) is 4.98 Å². The molecular formula is C20H27N5. The lowest BCUT2D eigenvalue weighted by atomic mass is 10.1. The predicted molar refractivity (Wildman–Crippen MR) is 102 cm³/mol. The van der Waals surface area contributed by atoms with Crippen molar-refractivity contribution >= 4 is 11.0 Å². The predicted octanol–water partition coefficient (Wildman–Crippen LogP) is 2.72. The Bertz CT molecular complexity index is 824. The van der Waals surface area contributed by atoms with Crippen LogP contribution in [0.2, 0.25) is 0 Å². The van der Waals surface area contributed by atoms with Gasteiger partial charge in [-0.25, -0.2) is 4.98 Å². The highest BCUT2D eigenvalue weighted by Gasteiger charge is 2.15. The van der Waals surface area contributed by atoms with Crippen molar-refractivity contribution in [1.29, 1.82) is 0 Å².